The molecule has 7 rings (SSSR count). The van der Waals surface area contributed by atoms with Gasteiger partial charge in [0.1, 0.15) is 0 Å². The van der Waals surface area contributed by atoms with Crippen LogP contribution in [0.4, 0.5) is 0 Å². The van der Waals surface area contributed by atoms with Crippen LogP contribution < -0.4 is 0 Å². The van der Waals surface area contributed by atoms with Crippen molar-refractivity contribution >= 4 is 25.2 Å². The largest absolute Gasteiger partial charge is 0.436 e. The number of rotatable bonds is 16. The molecular weight excluding hydrogens is 1110 g/mol. The second-order valence-corrected chi connectivity index (χ2v) is 39.3. The first-order valence-corrected chi connectivity index (χ1v) is 40.6. The molecule has 7 aromatic carbocycles. The van der Waals surface area contributed by atoms with Crippen LogP contribution in [0, 0.1) is 74.1 Å². The summed E-state index contributed by atoms with van der Waals surface area (Å²) < 4.78 is 16.2. The molecule has 0 fully saturated rings. The maximum absolute atomic E-state index is 5.83. The van der Waals surface area contributed by atoms with E-state index in [-0.39, 0.29) is 40.5 Å². The Hall–Kier alpha value is -4.93. The minimum atomic E-state index is -1.75. The molecule has 0 aliphatic carbocycles. The van der Waals surface area contributed by atoms with Crippen molar-refractivity contribution in [3.63, 3.8) is 0 Å². The Bertz CT molecular complexity index is 2730. The van der Waals surface area contributed by atoms with Gasteiger partial charge in [0, 0.05) is 25.0 Å². The quantitative estimate of drug-likeness (QED) is 0.0713. The van der Waals surface area contributed by atoms with Crippen LogP contribution in [0.3, 0.4) is 0 Å². The van der Waals surface area contributed by atoms with Gasteiger partial charge in [0.05, 0.1) is 0 Å². The van der Waals surface area contributed by atoms with E-state index in [0.717, 1.165) is 18.3 Å². The molecule has 0 aliphatic heterocycles. The zero-order chi connectivity index (χ0) is 62.9. The molecule has 87 heavy (non-hydrogen) atoms. The molecule has 0 saturated carbocycles. The lowest BCUT2D eigenvalue weighted by atomic mass is 9.70. The lowest BCUT2D eigenvalue weighted by molar-refractivity contribution is 0.295. The van der Waals surface area contributed by atoms with Gasteiger partial charge < -0.3 is 13.0 Å². The number of hydrogen-bond acceptors (Lipinski definition) is 3. The van der Waals surface area contributed by atoms with Gasteiger partial charge in [-0.25, -0.2) is 0 Å². The van der Waals surface area contributed by atoms with Crippen molar-refractivity contribution in [1.82, 2.24) is 0 Å². The van der Waals surface area contributed by atoms with Crippen molar-refractivity contribution in [3.8, 4) is 0 Å². The van der Waals surface area contributed by atoms with E-state index in [1.54, 1.807) is 14.2 Å². The second-order valence-electron chi connectivity index (χ2n) is 26.4. The van der Waals surface area contributed by atoms with Crippen LogP contribution in [-0.4, -0.2) is 39.4 Å². The molecule has 6 heteroatoms. The van der Waals surface area contributed by atoms with Crippen molar-refractivity contribution in [3.05, 3.63) is 247 Å². The molecule has 0 aromatic heterocycles. The summed E-state index contributed by atoms with van der Waals surface area (Å²) in [7, 11) is -0.760. The third-order valence-electron chi connectivity index (χ3n) is 16.4. The number of benzene rings is 7. The van der Waals surface area contributed by atoms with Crippen LogP contribution in [0.15, 0.2) is 158 Å². The zero-order valence-corrected chi connectivity index (χ0v) is 60.4. The minimum absolute atomic E-state index is 0. The highest BCUT2D eigenvalue weighted by Gasteiger charge is 2.33. The predicted octanol–water partition coefficient (Wildman–Crippen LogP) is 25.2. The maximum Gasteiger partial charge on any atom is 0.321 e. The highest BCUT2D eigenvalue weighted by atomic mass is 28.4. The maximum atomic E-state index is 5.83. The van der Waals surface area contributed by atoms with Crippen LogP contribution in [0.1, 0.15) is 193 Å². The standard InChI is InChI=1S/C32H34.C15H16.C10H14.C10H22.C6H18O2Si2.C4H12OSi.4CH4/c1-23-7-13-26(14-8-23)31(4,5)27-19-21-30(22-20-27)32(6,28-15-9-24(2)10-16-28)29-17-11-25(3)12-18-29;1-12-3-7-14(8-4-12)11-15-9-5-13(2)6-10-15;1-7-5-9(3)10(4)6-8(7)2;1-5-9(6-2)10(7-3)8-4;1-7-10(5,6)8-9(2,3)4;1-5-6(2,3)4;;;;/h7-22H,1-6H3;3-10H,11H2,1-2H3;5-6H,1-4H3;9-10H,5-8H2,1-4H3;1-6H3;1-4H3;4*1H4. The highest BCUT2D eigenvalue weighted by molar-refractivity contribution is 6.81. The Morgan fingerprint density at radius 3 is 0.759 bits per heavy atom. The Kier molecular flexibility index (Phi) is 40.3. The SMILES string of the molecule is C.C.C.C.CCC(CC)C(CC)CC.CO[Si](C)(C)C.CO[Si](C)(C)O[Si](C)(C)C.Cc1cc(C)c(C)cc1C.Cc1ccc(C(C)(C)c2ccc(C(C)(c3ccc(C)cc3)c3ccc(C)cc3)cc2)cc1.Cc1ccc(Cc2ccc(C)cc2)cc1. The normalized spacial score (nSPS) is 11.1. The molecule has 0 heterocycles. The Morgan fingerprint density at radius 1 is 0.333 bits per heavy atom. The molecule has 0 bridgehead atoms. The lowest BCUT2D eigenvalue weighted by Gasteiger charge is -2.33. The van der Waals surface area contributed by atoms with Crippen LogP contribution in [0.5, 0.6) is 0 Å². The van der Waals surface area contributed by atoms with Gasteiger partial charge in [-0.2, -0.15) is 0 Å². The number of aryl methyl sites for hydroxylation is 9. The molecule has 0 N–H and O–H groups in total. The molecule has 0 amide bonds. The first-order valence-electron chi connectivity index (χ1n) is 31.0. The van der Waals surface area contributed by atoms with Gasteiger partial charge in [-0.3, -0.25) is 0 Å². The van der Waals surface area contributed by atoms with Gasteiger partial charge in [0.2, 0.25) is 0 Å². The third kappa shape index (κ3) is 30.4. The van der Waals surface area contributed by atoms with E-state index in [9.17, 15) is 0 Å². The van der Waals surface area contributed by atoms with Gasteiger partial charge in [-0.15, -0.1) is 0 Å². The smallest absolute Gasteiger partial charge is 0.321 e. The molecule has 0 radical (unpaired) electrons. The van der Waals surface area contributed by atoms with Crippen molar-refractivity contribution < 1.29 is 13.0 Å². The van der Waals surface area contributed by atoms with Crippen molar-refractivity contribution in [2.75, 3.05) is 14.2 Å². The molecule has 0 spiro atoms. The van der Waals surface area contributed by atoms with Gasteiger partial charge in [-0.05, 0) is 201 Å². The zero-order valence-electron chi connectivity index (χ0n) is 57.4. The molecular formula is C81H132O3Si3. The Morgan fingerprint density at radius 2 is 0.552 bits per heavy atom. The van der Waals surface area contributed by atoms with Gasteiger partial charge in [0.25, 0.3) is 0 Å². The van der Waals surface area contributed by atoms with E-state index in [1.807, 2.05) is 0 Å². The van der Waals surface area contributed by atoms with E-state index in [1.165, 1.54) is 115 Å². The summed E-state index contributed by atoms with van der Waals surface area (Å²) >= 11 is 0. The molecule has 3 nitrogen and oxygen atoms in total. The topological polar surface area (TPSA) is 27.7 Å². The summed E-state index contributed by atoms with van der Waals surface area (Å²) in [5.41, 5.74) is 21.2. The highest BCUT2D eigenvalue weighted by Crippen LogP contribution is 2.41. The van der Waals surface area contributed by atoms with E-state index in [0.29, 0.717) is 0 Å². The van der Waals surface area contributed by atoms with E-state index in [4.69, 9.17) is 13.0 Å². The van der Waals surface area contributed by atoms with Crippen LogP contribution in [-0.2, 0) is 30.2 Å². The van der Waals surface area contributed by atoms with E-state index in [2.05, 4.69) is 321 Å². The average Bonchev–Trinajstić information content (AvgIpc) is 0.914. The van der Waals surface area contributed by atoms with Crippen molar-refractivity contribution in [2.45, 2.75) is 236 Å². The third-order valence-corrected chi connectivity index (χ3v) is 23.0. The van der Waals surface area contributed by atoms with Crippen molar-refractivity contribution in [2.24, 2.45) is 11.8 Å². The van der Waals surface area contributed by atoms with Crippen molar-refractivity contribution in [1.29, 1.82) is 0 Å². The van der Waals surface area contributed by atoms with E-state index < -0.39 is 25.2 Å². The summed E-state index contributed by atoms with van der Waals surface area (Å²) in [5, 5.41) is 0. The fraction of sp³-hybridized carbons (Fsp3) is 0.481. The second kappa shape index (κ2) is 40.7. The van der Waals surface area contributed by atoms with Gasteiger partial charge in [0.15, 0.2) is 16.6 Å². The molecule has 0 atom stereocenters. The Balaban J connectivity index is -0.00000108. The van der Waals surface area contributed by atoms with Gasteiger partial charge >= 0.3 is 8.56 Å². The monoisotopic (exact) mass is 1240 g/mol. The summed E-state index contributed by atoms with van der Waals surface area (Å²) in [4.78, 5) is 0. The molecule has 7 aromatic rings. The molecule has 0 aliphatic rings. The fourth-order valence-electron chi connectivity index (χ4n) is 10.1. The fourth-order valence-corrected chi connectivity index (χ4v) is 16.3. The molecule has 486 valence electrons. The molecule has 0 unspecified atom stereocenters. The van der Waals surface area contributed by atoms with Gasteiger partial charge in [-0.1, -0.05) is 282 Å². The summed E-state index contributed by atoms with van der Waals surface area (Å²) in [6.45, 7) is 52.7. The van der Waals surface area contributed by atoms with Crippen LogP contribution in [0.2, 0.25) is 52.4 Å². The summed E-state index contributed by atoms with van der Waals surface area (Å²) in [5.74, 6) is 1.96. The predicted molar refractivity (Wildman–Crippen MR) is 403 cm³/mol. The summed E-state index contributed by atoms with van der Waals surface area (Å²) in [6.07, 6.45) is 6.48. The summed E-state index contributed by atoms with van der Waals surface area (Å²) in [6, 6.07) is 58.2. The first-order chi connectivity index (χ1) is 38.7. The Labute approximate surface area is 543 Å². The van der Waals surface area contributed by atoms with E-state index >= 15 is 0 Å². The van der Waals surface area contributed by atoms with Crippen LogP contribution >= 0.6 is 0 Å². The first kappa shape index (κ1) is 86.3. The average molecular weight is 1240 g/mol. The molecule has 0 saturated heterocycles. The number of hydrogen-bond donors (Lipinski definition) is 0. The lowest BCUT2D eigenvalue weighted by Crippen LogP contribution is -2.43. The van der Waals surface area contributed by atoms with Crippen LogP contribution in [0.25, 0.3) is 0 Å². The minimum Gasteiger partial charge on any atom is -0.436 e.